The van der Waals surface area contributed by atoms with Crippen LogP contribution in [0, 0.1) is 0 Å². The number of anilines is 2. The molecule has 0 saturated heterocycles. The fraction of sp³-hybridized carbons (Fsp3) is 0.0625. The Morgan fingerprint density at radius 2 is 1.83 bits per heavy atom. The van der Waals surface area contributed by atoms with E-state index in [0.717, 1.165) is 16.9 Å². The quantitative estimate of drug-likeness (QED) is 0.673. The van der Waals surface area contributed by atoms with Crippen molar-refractivity contribution in [1.82, 2.24) is 4.98 Å². The van der Waals surface area contributed by atoms with Crippen LogP contribution in [-0.2, 0) is 16.6 Å². The first-order valence-corrected chi connectivity index (χ1v) is 9.73. The van der Waals surface area contributed by atoms with Gasteiger partial charge in [0.15, 0.2) is 0 Å². The smallest absolute Gasteiger partial charge is 0.271 e. The van der Waals surface area contributed by atoms with E-state index in [0.29, 0.717) is 22.4 Å². The number of nitrogens with one attached hydrogen (secondary N) is 2. The molecule has 3 rings (SSSR count). The zero-order valence-electron chi connectivity index (χ0n) is 12.4. The first-order chi connectivity index (χ1) is 11.5. The maximum Gasteiger partial charge on any atom is 0.271 e. The Morgan fingerprint density at radius 1 is 1.04 bits per heavy atom. The van der Waals surface area contributed by atoms with Gasteiger partial charge in [0.1, 0.15) is 10.0 Å². The third kappa shape index (κ3) is 4.25. The molecule has 0 bridgehead atoms. The summed E-state index contributed by atoms with van der Waals surface area (Å²) in [5.74, 6) is 0.668. The molecule has 0 saturated carbocycles. The minimum Gasteiger partial charge on any atom is -0.366 e. The van der Waals surface area contributed by atoms with Gasteiger partial charge in [0.25, 0.3) is 10.0 Å². The average molecular weight is 380 g/mol. The Balaban J connectivity index is 1.64. The monoisotopic (exact) mass is 379 g/mol. The summed E-state index contributed by atoms with van der Waals surface area (Å²) in [7, 11) is -3.64. The summed E-state index contributed by atoms with van der Waals surface area (Å²) in [6.45, 7) is 0.645. The van der Waals surface area contributed by atoms with Gasteiger partial charge in [0, 0.05) is 6.54 Å². The second-order valence-corrected chi connectivity index (χ2v) is 8.56. The number of nitrogens with zero attached hydrogens (tertiary/aromatic N) is 1. The minimum atomic E-state index is -3.64. The van der Waals surface area contributed by atoms with Crippen molar-refractivity contribution in [3.05, 3.63) is 70.7 Å². The number of thiophene rings is 1. The normalized spacial score (nSPS) is 11.2. The van der Waals surface area contributed by atoms with E-state index in [1.807, 2.05) is 30.3 Å². The summed E-state index contributed by atoms with van der Waals surface area (Å²) in [6.07, 6.45) is 1.47. The molecule has 1 aromatic carbocycles. The Kier molecular flexibility index (Phi) is 5.03. The highest BCUT2D eigenvalue weighted by atomic mass is 35.5. The molecule has 5 nitrogen and oxygen atoms in total. The molecular weight excluding hydrogens is 366 g/mol. The molecule has 0 aliphatic heterocycles. The summed E-state index contributed by atoms with van der Waals surface area (Å²) >= 11 is 6.79. The van der Waals surface area contributed by atoms with Crippen molar-refractivity contribution in [2.24, 2.45) is 0 Å². The molecule has 0 aliphatic carbocycles. The number of aromatic nitrogens is 1. The van der Waals surface area contributed by atoms with Gasteiger partial charge >= 0.3 is 0 Å². The average Bonchev–Trinajstić information content (AvgIpc) is 3.02. The number of benzene rings is 1. The van der Waals surface area contributed by atoms with Crippen molar-refractivity contribution >= 4 is 44.5 Å². The van der Waals surface area contributed by atoms with Gasteiger partial charge in [-0.15, -0.1) is 11.3 Å². The first kappa shape index (κ1) is 16.8. The second-order valence-electron chi connectivity index (χ2n) is 4.94. The van der Waals surface area contributed by atoms with Crippen molar-refractivity contribution < 1.29 is 8.42 Å². The van der Waals surface area contributed by atoms with Gasteiger partial charge in [-0.2, -0.15) is 0 Å². The number of halogens is 1. The Hall–Kier alpha value is -2.09. The van der Waals surface area contributed by atoms with Crippen LogP contribution in [0.15, 0.2) is 65.0 Å². The van der Waals surface area contributed by atoms with Crippen LogP contribution in [-0.4, -0.2) is 13.4 Å². The molecule has 0 spiro atoms. The lowest BCUT2D eigenvalue weighted by Gasteiger charge is -2.08. The maximum absolute atomic E-state index is 12.2. The number of pyridine rings is 1. The SMILES string of the molecule is O=S(=O)(Nc1ccc(NCc2ccccc2)nc1)c1ccc(Cl)s1. The molecule has 0 aliphatic rings. The molecule has 24 heavy (non-hydrogen) atoms. The topological polar surface area (TPSA) is 71.1 Å². The standard InChI is InChI=1S/C16H14ClN3O2S2/c17-14-7-9-16(23-14)24(21,22)20-13-6-8-15(19-11-13)18-10-12-4-2-1-3-5-12/h1-9,11,20H,10H2,(H,18,19). The van der Waals surface area contributed by atoms with Crippen molar-refractivity contribution in [3.8, 4) is 0 Å². The molecule has 0 amide bonds. The number of rotatable bonds is 6. The van der Waals surface area contributed by atoms with Crippen LogP contribution < -0.4 is 10.0 Å². The van der Waals surface area contributed by atoms with Gasteiger partial charge in [0.05, 0.1) is 16.2 Å². The summed E-state index contributed by atoms with van der Waals surface area (Å²) in [5, 5.41) is 3.18. The van der Waals surface area contributed by atoms with Gasteiger partial charge < -0.3 is 5.32 Å². The van der Waals surface area contributed by atoms with Crippen LogP contribution in [0.3, 0.4) is 0 Å². The number of hydrogen-bond donors (Lipinski definition) is 2. The zero-order chi connectivity index (χ0) is 17.0. The minimum absolute atomic E-state index is 0.166. The molecule has 124 valence electrons. The van der Waals surface area contributed by atoms with Crippen LogP contribution in [0.5, 0.6) is 0 Å². The molecule has 3 aromatic rings. The lowest BCUT2D eigenvalue weighted by molar-refractivity contribution is 0.603. The zero-order valence-corrected chi connectivity index (χ0v) is 14.8. The molecular formula is C16H14ClN3O2S2. The molecule has 0 unspecified atom stereocenters. The predicted molar refractivity (Wildman–Crippen MR) is 98.1 cm³/mol. The second kappa shape index (κ2) is 7.21. The summed E-state index contributed by atoms with van der Waals surface area (Å²) in [5.41, 5.74) is 1.53. The highest BCUT2D eigenvalue weighted by molar-refractivity contribution is 7.94. The highest BCUT2D eigenvalue weighted by Crippen LogP contribution is 2.27. The Labute approximate surface area is 149 Å². The molecule has 0 fully saturated rings. The number of hydrogen-bond acceptors (Lipinski definition) is 5. The van der Waals surface area contributed by atoms with Crippen LogP contribution in [0.4, 0.5) is 11.5 Å². The van der Waals surface area contributed by atoms with E-state index < -0.39 is 10.0 Å². The van der Waals surface area contributed by atoms with Crippen LogP contribution in [0.2, 0.25) is 4.34 Å². The van der Waals surface area contributed by atoms with Gasteiger partial charge in [-0.3, -0.25) is 4.72 Å². The van der Waals surface area contributed by atoms with Gasteiger partial charge in [-0.05, 0) is 29.8 Å². The van der Waals surface area contributed by atoms with Gasteiger partial charge in [-0.25, -0.2) is 13.4 Å². The third-order valence-corrected chi connectivity index (χ3v) is 6.25. The van der Waals surface area contributed by atoms with Crippen molar-refractivity contribution in [3.63, 3.8) is 0 Å². The predicted octanol–water partition coefficient (Wildman–Crippen LogP) is 4.21. The third-order valence-electron chi connectivity index (χ3n) is 3.15. The van der Waals surface area contributed by atoms with E-state index in [9.17, 15) is 8.42 Å². The summed E-state index contributed by atoms with van der Waals surface area (Å²) < 4.78 is 27.5. The molecule has 2 heterocycles. The van der Waals surface area contributed by atoms with Gasteiger partial charge in [-0.1, -0.05) is 41.9 Å². The van der Waals surface area contributed by atoms with E-state index in [1.54, 1.807) is 18.2 Å². The van der Waals surface area contributed by atoms with Crippen molar-refractivity contribution in [1.29, 1.82) is 0 Å². The van der Waals surface area contributed by atoms with E-state index in [2.05, 4.69) is 15.0 Å². The summed E-state index contributed by atoms with van der Waals surface area (Å²) in [6, 6.07) is 16.3. The first-order valence-electron chi connectivity index (χ1n) is 7.05. The van der Waals surface area contributed by atoms with Crippen molar-refractivity contribution in [2.75, 3.05) is 10.0 Å². The van der Waals surface area contributed by atoms with Crippen LogP contribution >= 0.6 is 22.9 Å². The molecule has 8 heteroatoms. The van der Waals surface area contributed by atoms with E-state index >= 15 is 0 Å². The Bertz CT molecular complexity index is 910. The molecule has 0 radical (unpaired) electrons. The highest BCUT2D eigenvalue weighted by Gasteiger charge is 2.16. The lowest BCUT2D eigenvalue weighted by atomic mass is 10.2. The molecule has 2 N–H and O–H groups in total. The molecule has 2 aromatic heterocycles. The van der Waals surface area contributed by atoms with Crippen molar-refractivity contribution in [2.45, 2.75) is 10.8 Å². The fourth-order valence-corrected chi connectivity index (χ4v) is 4.52. The lowest BCUT2D eigenvalue weighted by Crippen LogP contribution is -2.11. The van der Waals surface area contributed by atoms with E-state index in [4.69, 9.17) is 11.6 Å². The fourth-order valence-electron chi connectivity index (χ4n) is 1.99. The summed E-state index contributed by atoms with van der Waals surface area (Å²) in [4.78, 5) is 4.22. The Morgan fingerprint density at radius 3 is 2.46 bits per heavy atom. The maximum atomic E-state index is 12.2. The van der Waals surface area contributed by atoms with Crippen LogP contribution in [0.1, 0.15) is 5.56 Å². The van der Waals surface area contributed by atoms with Gasteiger partial charge in [0.2, 0.25) is 0 Å². The molecule has 0 atom stereocenters. The van der Waals surface area contributed by atoms with E-state index in [-0.39, 0.29) is 4.21 Å². The van der Waals surface area contributed by atoms with Crippen LogP contribution in [0.25, 0.3) is 0 Å². The largest absolute Gasteiger partial charge is 0.366 e. The number of sulfonamides is 1. The van der Waals surface area contributed by atoms with E-state index in [1.165, 1.54) is 12.3 Å².